The number of rotatable bonds is 8. The van der Waals surface area contributed by atoms with E-state index in [0.717, 1.165) is 35.3 Å². The van der Waals surface area contributed by atoms with E-state index >= 15 is 0 Å². The summed E-state index contributed by atoms with van der Waals surface area (Å²) < 4.78 is 17.4. The van der Waals surface area contributed by atoms with Gasteiger partial charge in [0.1, 0.15) is 12.4 Å². The van der Waals surface area contributed by atoms with Gasteiger partial charge >= 0.3 is 0 Å². The molecule has 1 aliphatic heterocycles. The largest absolute Gasteiger partial charge is 0.493 e. The molecule has 0 bridgehead atoms. The third-order valence-electron chi connectivity index (χ3n) is 6.40. The van der Waals surface area contributed by atoms with Gasteiger partial charge in [-0.1, -0.05) is 36.4 Å². The summed E-state index contributed by atoms with van der Waals surface area (Å²) >= 11 is 0. The molecule has 178 valence electrons. The first-order valence-corrected chi connectivity index (χ1v) is 11.8. The van der Waals surface area contributed by atoms with Crippen molar-refractivity contribution in [3.8, 4) is 17.2 Å². The fraction of sp³-hybridized carbons (Fsp3) is 0.345. The van der Waals surface area contributed by atoms with Crippen LogP contribution in [0.25, 0.3) is 0 Å². The summed E-state index contributed by atoms with van der Waals surface area (Å²) in [7, 11) is 3.28. The van der Waals surface area contributed by atoms with Gasteiger partial charge in [0.15, 0.2) is 11.5 Å². The minimum absolute atomic E-state index is 0.137. The van der Waals surface area contributed by atoms with E-state index in [2.05, 4.69) is 32.0 Å². The third-order valence-corrected chi connectivity index (χ3v) is 6.40. The molecule has 0 saturated carbocycles. The monoisotopic (exact) mass is 459 g/mol. The Morgan fingerprint density at radius 1 is 0.941 bits per heavy atom. The molecule has 1 amide bonds. The van der Waals surface area contributed by atoms with E-state index < -0.39 is 0 Å². The van der Waals surface area contributed by atoms with E-state index in [9.17, 15) is 4.79 Å². The molecule has 5 nitrogen and oxygen atoms in total. The van der Waals surface area contributed by atoms with Gasteiger partial charge in [0, 0.05) is 13.0 Å². The number of benzene rings is 3. The molecule has 0 radical (unpaired) electrons. The lowest BCUT2D eigenvalue weighted by molar-refractivity contribution is -0.134. The Balaban J connectivity index is 1.61. The van der Waals surface area contributed by atoms with Crippen molar-refractivity contribution in [2.24, 2.45) is 0 Å². The normalized spacial score (nSPS) is 14.9. The van der Waals surface area contributed by atoms with Crippen LogP contribution in [0.3, 0.4) is 0 Å². The number of aryl methyl sites for hydroxylation is 3. The van der Waals surface area contributed by atoms with Gasteiger partial charge in [-0.2, -0.15) is 0 Å². The minimum atomic E-state index is -0.201. The Labute approximate surface area is 202 Å². The fourth-order valence-electron chi connectivity index (χ4n) is 4.74. The molecule has 0 aliphatic carbocycles. The van der Waals surface area contributed by atoms with Crippen molar-refractivity contribution in [2.45, 2.75) is 39.2 Å². The highest BCUT2D eigenvalue weighted by Gasteiger charge is 2.32. The molecule has 0 aromatic heterocycles. The summed E-state index contributed by atoms with van der Waals surface area (Å²) in [5.41, 5.74) is 5.70. The number of hydrogen-bond acceptors (Lipinski definition) is 4. The summed E-state index contributed by atoms with van der Waals surface area (Å²) in [6, 6.07) is 20.2. The van der Waals surface area contributed by atoms with Crippen molar-refractivity contribution in [3.63, 3.8) is 0 Å². The number of ether oxygens (including phenoxy) is 3. The number of carbonyl (C=O) groups is 1. The van der Waals surface area contributed by atoms with Crippen molar-refractivity contribution >= 4 is 5.91 Å². The molecule has 0 spiro atoms. The maximum Gasteiger partial charge on any atom is 0.223 e. The zero-order chi connectivity index (χ0) is 24.1. The maximum absolute atomic E-state index is 13.4. The molecule has 5 heteroatoms. The first-order valence-electron chi connectivity index (χ1n) is 11.8. The van der Waals surface area contributed by atoms with Gasteiger partial charge < -0.3 is 19.1 Å². The van der Waals surface area contributed by atoms with Crippen LogP contribution in [-0.2, 0) is 17.6 Å². The lowest BCUT2D eigenvalue weighted by atomic mass is 9.91. The molecular formula is C29H33NO4. The van der Waals surface area contributed by atoms with E-state index in [4.69, 9.17) is 14.2 Å². The Kier molecular flexibility index (Phi) is 7.41. The summed E-state index contributed by atoms with van der Waals surface area (Å²) in [6.07, 6.45) is 1.96. The second-order valence-corrected chi connectivity index (χ2v) is 8.88. The first kappa shape index (κ1) is 23.7. The molecule has 34 heavy (non-hydrogen) atoms. The SMILES string of the molecule is COc1cc2c(cc1OC)[C@H](COc1cc(C)cc(C)c1)N(C(=O)CCc1ccccc1)CC2. The Morgan fingerprint density at radius 3 is 2.29 bits per heavy atom. The lowest BCUT2D eigenvalue weighted by Gasteiger charge is -2.38. The molecule has 1 heterocycles. The predicted molar refractivity (Wildman–Crippen MR) is 134 cm³/mol. The van der Waals surface area contributed by atoms with Crippen LogP contribution in [0, 0.1) is 13.8 Å². The number of fused-ring (bicyclic) bond motifs is 1. The smallest absolute Gasteiger partial charge is 0.223 e. The molecule has 3 aromatic rings. The van der Waals surface area contributed by atoms with E-state index in [-0.39, 0.29) is 11.9 Å². The third kappa shape index (κ3) is 5.36. The van der Waals surface area contributed by atoms with Crippen LogP contribution in [0.4, 0.5) is 0 Å². The highest BCUT2D eigenvalue weighted by molar-refractivity contribution is 5.77. The molecule has 0 N–H and O–H groups in total. The molecule has 0 saturated heterocycles. The van der Waals surface area contributed by atoms with Crippen molar-refractivity contribution in [2.75, 3.05) is 27.4 Å². The van der Waals surface area contributed by atoms with E-state index in [1.165, 1.54) is 11.1 Å². The molecule has 1 atom stereocenters. The number of nitrogens with zero attached hydrogens (tertiary/aromatic N) is 1. The van der Waals surface area contributed by atoms with Crippen LogP contribution in [0.2, 0.25) is 0 Å². The summed E-state index contributed by atoms with van der Waals surface area (Å²) in [5, 5.41) is 0. The predicted octanol–water partition coefficient (Wildman–Crippen LogP) is 5.46. The molecule has 4 rings (SSSR count). The molecule has 0 unspecified atom stereocenters. The quantitative estimate of drug-likeness (QED) is 0.449. The van der Waals surface area contributed by atoms with Gasteiger partial charge in [-0.3, -0.25) is 4.79 Å². The van der Waals surface area contributed by atoms with Crippen molar-refractivity contribution in [3.05, 3.63) is 88.5 Å². The van der Waals surface area contributed by atoms with Crippen LogP contribution in [0.1, 0.15) is 40.3 Å². The highest BCUT2D eigenvalue weighted by atomic mass is 16.5. The van der Waals surface area contributed by atoms with Crippen molar-refractivity contribution in [1.82, 2.24) is 4.90 Å². The fourth-order valence-corrected chi connectivity index (χ4v) is 4.74. The summed E-state index contributed by atoms with van der Waals surface area (Å²) in [4.78, 5) is 15.4. The first-order chi connectivity index (χ1) is 16.5. The standard InChI is InChI=1S/C29H33NO4/c1-20-14-21(2)16-24(15-20)34-19-26-25-18-28(33-4)27(32-3)17-23(25)12-13-30(26)29(31)11-10-22-8-6-5-7-9-22/h5-9,14-18,26H,10-13,19H2,1-4H3/t26-/m0/s1. The van der Waals surface area contributed by atoms with Gasteiger partial charge in [-0.25, -0.2) is 0 Å². The molecule has 1 aliphatic rings. The molecule has 3 aromatic carbocycles. The van der Waals surface area contributed by atoms with Crippen LogP contribution in [-0.4, -0.2) is 38.2 Å². The summed E-state index contributed by atoms with van der Waals surface area (Å²) in [5.74, 6) is 2.33. The Morgan fingerprint density at radius 2 is 1.62 bits per heavy atom. The van der Waals surface area contributed by atoms with Crippen molar-refractivity contribution in [1.29, 1.82) is 0 Å². The van der Waals surface area contributed by atoms with Crippen LogP contribution >= 0.6 is 0 Å². The summed E-state index contributed by atoms with van der Waals surface area (Å²) in [6.45, 7) is 5.15. The van der Waals surface area contributed by atoms with Gasteiger partial charge in [0.05, 0.1) is 20.3 Å². The number of hydrogen-bond donors (Lipinski definition) is 0. The second-order valence-electron chi connectivity index (χ2n) is 8.88. The minimum Gasteiger partial charge on any atom is -0.493 e. The topological polar surface area (TPSA) is 48.0 Å². The second kappa shape index (κ2) is 10.6. The zero-order valence-electron chi connectivity index (χ0n) is 20.5. The van der Waals surface area contributed by atoms with Crippen LogP contribution in [0.15, 0.2) is 60.7 Å². The highest BCUT2D eigenvalue weighted by Crippen LogP contribution is 2.38. The van der Waals surface area contributed by atoms with Gasteiger partial charge in [0.25, 0.3) is 0 Å². The van der Waals surface area contributed by atoms with Gasteiger partial charge in [0.2, 0.25) is 5.91 Å². The van der Waals surface area contributed by atoms with E-state index in [1.807, 2.05) is 47.4 Å². The van der Waals surface area contributed by atoms with Crippen LogP contribution in [0.5, 0.6) is 17.2 Å². The Bertz CT molecular complexity index is 1120. The zero-order valence-corrected chi connectivity index (χ0v) is 20.5. The number of carbonyl (C=O) groups excluding carboxylic acids is 1. The molecular weight excluding hydrogens is 426 g/mol. The molecule has 0 fully saturated rings. The average molecular weight is 460 g/mol. The number of amides is 1. The Hall–Kier alpha value is -3.47. The lowest BCUT2D eigenvalue weighted by Crippen LogP contribution is -2.42. The van der Waals surface area contributed by atoms with Crippen molar-refractivity contribution < 1.29 is 19.0 Å². The van der Waals surface area contributed by atoms with E-state index in [0.29, 0.717) is 31.1 Å². The van der Waals surface area contributed by atoms with Crippen LogP contribution < -0.4 is 14.2 Å². The van der Waals surface area contributed by atoms with Gasteiger partial charge in [-0.05, 0) is 78.8 Å². The maximum atomic E-state index is 13.4. The average Bonchev–Trinajstić information content (AvgIpc) is 2.84. The number of methoxy groups -OCH3 is 2. The van der Waals surface area contributed by atoms with E-state index in [1.54, 1.807) is 14.2 Å². The van der Waals surface area contributed by atoms with Gasteiger partial charge in [-0.15, -0.1) is 0 Å².